The first-order valence-corrected chi connectivity index (χ1v) is 7.95. The van der Waals surface area contributed by atoms with Gasteiger partial charge in [0.15, 0.2) is 11.5 Å². The van der Waals surface area contributed by atoms with Crippen molar-refractivity contribution in [1.29, 1.82) is 0 Å². The van der Waals surface area contributed by atoms with E-state index in [1.807, 2.05) is 32.6 Å². The maximum absolute atomic E-state index is 12.2. The average Bonchev–Trinajstić information content (AvgIpc) is 3.02. The van der Waals surface area contributed by atoms with Gasteiger partial charge < -0.3 is 5.32 Å². The predicted molar refractivity (Wildman–Crippen MR) is 92.9 cm³/mol. The second kappa shape index (κ2) is 6.07. The normalized spacial score (nSPS) is 11.2. The summed E-state index contributed by atoms with van der Waals surface area (Å²) in [7, 11) is 3.72. The Kier molecular flexibility index (Phi) is 4.09. The van der Waals surface area contributed by atoms with Crippen LogP contribution in [0.15, 0.2) is 12.3 Å². The fraction of sp³-hybridized carbons (Fsp3) is 0.412. The zero-order chi connectivity index (χ0) is 17.4. The lowest BCUT2D eigenvalue weighted by molar-refractivity contribution is -0.116. The molecule has 7 heteroatoms. The lowest BCUT2D eigenvalue weighted by Crippen LogP contribution is -2.14. The van der Waals surface area contributed by atoms with Crippen LogP contribution < -0.4 is 5.32 Å². The van der Waals surface area contributed by atoms with Gasteiger partial charge in [-0.1, -0.05) is 0 Å². The third-order valence-corrected chi connectivity index (χ3v) is 4.31. The van der Waals surface area contributed by atoms with E-state index in [0.29, 0.717) is 18.7 Å². The number of pyridine rings is 1. The van der Waals surface area contributed by atoms with Crippen molar-refractivity contribution in [2.75, 3.05) is 5.32 Å². The molecule has 0 spiro atoms. The van der Waals surface area contributed by atoms with Crippen LogP contribution in [0.25, 0.3) is 11.0 Å². The van der Waals surface area contributed by atoms with Crippen molar-refractivity contribution in [1.82, 2.24) is 24.5 Å². The number of anilines is 1. The number of rotatable bonds is 4. The number of carbonyl (C=O) groups excluding carboxylic acids is 1. The van der Waals surface area contributed by atoms with Crippen LogP contribution in [0.1, 0.15) is 28.9 Å². The van der Waals surface area contributed by atoms with Crippen LogP contribution in [0.3, 0.4) is 0 Å². The van der Waals surface area contributed by atoms with Gasteiger partial charge in [-0.25, -0.2) is 4.98 Å². The zero-order valence-electron chi connectivity index (χ0n) is 14.7. The highest BCUT2D eigenvalue weighted by Crippen LogP contribution is 2.26. The number of carbonyl (C=O) groups is 1. The largest absolute Gasteiger partial charge is 0.309 e. The van der Waals surface area contributed by atoms with Gasteiger partial charge in [-0.05, 0) is 38.3 Å². The summed E-state index contributed by atoms with van der Waals surface area (Å²) in [4.78, 5) is 16.8. The molecule has 0 radical (unpaired) electrons. The van der Waals surface area contributed by atoms with Crippen LogP contribution in [-0.2, 0) is 25.3 Å². The summed E-state index contributed by atoms with van der Waals surface area (Å²) in [6.07, 6.45) is 2.84. The van der Waals surface area contributed by atoms with E-state index in [2.05, 4.69) is 27.4 Å². The molecule has 3 aromatic heterocycles. The summed E-state index contributed by atoms with van der Waals surface area (Å²) >= 11 is 0. The Morgan fingerprint density at radius 1 is 1.17 bits per heavy atom. The minimum absolute atomic E-state index is 0.0458. The Morgan fingerprint density at radius 2 is 1.92 bits per heavy atom. The Bertz CT molecular complexity index is 921. The van der Waals surface area contributed by atoms with Crippen LogP contribution in [-0.4, -0.2) is 30.5 Å². The van der Waals surface area contributed by atoms with Gasteiger partial charge in [-0.2, -0.15) is 10.2 Å². The number of fused-ring (bicyclic) bond motifs is 1. The van der Waals surface area contributed by atoms with Gasteiger partial charge in [0.1, 0.15) is 0 Å². The summed E-state index contributed by atoms with van der Waals surface area (Å²) in [5, 5.41) is 12.5. The topological polar surface area (TPSA) is 77.6 Å². The molecule has 0 aliphatic heterocycles. The van der Waals surface area contributed by atoms with E-state index in [-0.39, 0.29) is 5.91 Å². The summed E-state index contributed by atoms with van der Waals surface area (Å²) in [5.41, 5.74) is 5.10. The molecular formula is C17H22N6O. The number of amides is 1. The molecule has 3 aromatic rings. The highest BCUT2D eigenvalue weighted by atomic mass is 16.1. The number of hydrogen-bond donors (Lipinski definition) is 1. The van der Waals surface area contributed by atoms with E-state index in [9.17, 15) is 4.79 Å². The highest BCUT2D eigenvalue weighted by Gasteiger charge is 2.16. The highest BCUT2D eigenvalue weighted by molar-refractivity contribution is 5.90. The lowest BCUT2D eigenvalue weighted by atomic mass is 9.99. The summed E-state index contributed by atoms with van der Waals surface area (Å²) in [6, 6.07) is 1.78. The van der Waals surface area contributed by atoms with Gasteiger partial charge in [-0.3, -0.25) is 14.2 Å². The molecule has 1 amide bonds. The number of hydrogen-bond acceptors (Lipinski definition) is 4. The molecule has 7 nitrogen and oxygen atoms in total. The zero-order valence-corrected chi connectivity index (χ0v) is 14.7. The van der Waals surface area contributed by atoms with Crippen LogP contribution >= 0.6 is 0 Å². The van der Waals surface area contributed by atoms with Gasteiger partial charge in [0, 0.05) is 43.9 Å². The van der Waals surface area contributed by atoms with Crippen LogP contribution in [0, 0.1) is 20.8 Å². The van der Waals surface area contributed by atoms with Gasteiger partial charge in [0.2, 0.25) is 5.91 Å². The number of aryl methyl sites for hydroxylation is 5. The maximum atomic E-state index is 12.2. The third-order valence-electron chi connectivity index (χ3n) is 4.31. The molecule has 0 unspecified atom stereocenters. The fourth-order valence-electron chi connectivity index (χ4n) is 3.16. The molecule has 0 aliphatic carbocycles. The van der Waals surface area contributed by atoms with Crippen molar-refractivity contribution in [2.24, 2.45) is 14.1 Å². The molecule has 3 heterocycles. The smallest absolute Gasteiger partial charge is 0.225 e. The molecule has 0 fully saturated rings. The van der Waals surface area contributed by atoms with Crippen molar-refractivity contribution in [2.45, 2.75) is 33.6 Å². The van der Waals surface area contributed by atoms with E-state index in [0.717, 1.165) is 33.5 Å². The van der Waals surface area contributed by atoms with Gasteiger partial charge in [-0.15, -0.1) is 0 Å². The Labute approximate surface area is 140 Å². The van der Waals surface area contributed by atoms with E-state index in [1.165, 1.54) is 0 Å². The minimum Gasteiger partial charge on any atom is -0.309 e. The molecule has 0 saturated heterocycles. The SMILES string of the molecule is Cc1nc2c(c(C)nn2C)c(C)c1CCC(=O)Nc1ccn(C)n1. The summed E-state index contributed by atoms with van der Waals surface area (Å²) in [5.74, 6) is 0.531. The van der Waals surface area contributed by atoms with E-state index < -0.39 is 0 Å². The Balaban J connectivity index is 1.80. The summed E-state index contributed by atoms with van der Waals surface area (Å²) in [6.45, 7) is 6.06. The molecular weight excluding hydrogens is 304 g/mol. The van der Waals surface area contributed by atoms with Gasteiger partial charge in [0.05, 0.1) is 5.69 Å². The molecule has 1 N–H and O–H groups in total. The monoisotopic (exact) mass is 326 g/mol. The molecule has 0 atom stereocenters. The molecule has 3 rings (SSSR count). The molecule has 24 heavy (non-hydrogen) atoms. The van der Waals surface area contributed by atoms with Crippen molar-refractivity contribution < 1.29 is 4.79 Å². The van der Waals surface area contributed by atoms with Gasteiger partial charge >= 0.3 is 0 Å². The number of aromatic nitrogens is 5. The molecule has 0 bridgehead atoms. The van der Waals surface area contributed by atoms with Crippen LogP contribution in [0.5, 0.6) is 0 Å². The number of nitrogens with one attached hydrogen (secondary N) is 1. The first kappa shape index (κ1) is 16.2. The van der Waals surface area contributed by atoms with Crippen LogP contribution in [0.4, 0.5) is 5.82 Å². The van der Waals surface area contributed by atoms with Crippen molar-refractivity contribution in [3.8, 4) is 0 Å². The predicted octanol–water partition coefficient (Wildman–Crippen LogP) is 2.20. The third kappa shape index (κ3) is 2.89. The average molecular weight is 326 g/mol. The van der Waals surface area contributed by atoms with E-state index in [4.69, 9.17) is 0 Å². The first-order valence-electron chi connectivity index (χ1n) is 7.95. The standard InChI is InChI=1S/C17H22N6O/c1-10-13(6-7-15(24)19-14-8-9-22(4)21-14)11(2)18-17-16(10)12(3)20-23(17)5/h8-9H,6-7H2,1-5H3,(H,19,21,24). The lowest BCUT2D eigenvalue weighted by Gasteiger charge is -2.11. The van der Waals surface area contributed by atoms with E-state index >= 15 is 0 Å². The quantitative estimate of drug-likeness (QED) is 0.797. The van der Waals surface area contributed by atoms with Crippen molar-refractivity contribution in [3.63, 3.8) is 0 Å². The van der Waals surface area contributed by atoms with E-state index in [1.54, 1.807) is 16.9 Å². The van der Waals surface area contributed by atoms with Crippen molar-refractivity contribution >= 4 is 22.8 Å². The maximum Gasteiger partial charge on any atom is 0.225 e. The number of nitrogens with zero attached hydrogens (tertiary/aromatic N) is 5. The molecule has 0 aromatic carbocycles. The Morgan fingerprint density at radius 3 is 2.58 bits per heavy atom. The minimum atomic E-state index is -0.0458. The van der Waals surface area contributed by atoms with Gasteiger partial charge in [0.25, 0.3) is 0 Å². The first-order chi connectivity index (χ1) is 11.4. The molecule has 126 valence electrons. The second-order valence-electron chi connectivity index (χ2n) is 6.13. The fourth-order valence-corrected chi connectivity index (χ4v) is 3.16. The molecule has 0 saturated carbocycles. The van der Waals surface area contributed by atoms with Crippen LogP contribution in [0.2, 0.25) is 0 Å². The second-order valence-corrected chi connectivity index (χ2v) is 6.13. The summed E-state index contributed by atoms with van der Waals surface area (Å²) < 4.78 is 3.47. The Hall–Kier alpha value is -2.70. The molecule has 0 aliphatic rings. The van der Waals surface area contributed by atoms with Crippen molar-refractivity contribution in [3.05, 3.63) is 34.8 Å².